The van der Waals surface area contributed by atoms with Gasteiger partial charge < -0.3 is 15.1 Å². The molecule has 10 heteroatoms. The van der Waals surface area contributed by atoms with Crippen LogP contribution in [-0.2, 0) is 4.79 Å². The van der Waals surface area contributed by atoms with E-state index in [2.05, 4.69) is 15.5 Å². The van der Waals surface area contributed by atoms with E-state index < -0.39 is 24.0 Å². The van der Waals surface area contributed by atoms with Gasteiger partial charge in [0, 0.05) is 13.0 Å². The fraction of sp³-hybridized carbons (Fsp3) is 0.364. The lowest BCUT2D eigenvalue weighted by atomic mass is 10.2. The molecule has 9 nitrogen and oxygen atoms in total. The lowest BCUT2D eigenvalue weighted by Crippen LogP contribution is -2.40. The van der Waals surface area contributed by atoms with Gasteiger partial charge in [0.15, 0.2) is 0 Å². The summed E-state index contributed by atoms with van der Waals surface area (Å²) in [6, 6.07) is 0.660. The minimum absolute atomic E-state index is 0.00273. The van der Waals surface area contributed by atoms with Crippen LogP contribution in [0.15, 0.2) is 17.8 Å². The van der Waals surface area contributed by atoms with Crippen LogP contribution in [-0.4, -0.2) is 65.9 Å². The maximum atomic E-state index is 12.6. The molecule has 1 aliphatic rings. The number of tetrazole rings is 1. The number of hydrogen-bond donors (Lipinski definition) is 2. The SMILES string of the molecule is O=C(O)[C@@H]1C[C@@H](O)CN1C(=O)c1sccc1-n1cnnn1. The summed E-state index contributed by atoms with van der Waals surface area (Å²) in [6.45, 7) is 0.00273. The number of carbonyl (C=O) groups is 2. The van der Waals surface area contributed by atoms with E-state index in [0.717, 1.165) is 0 Å². The van der Waals surface area contributed by atoms with Crippen molar-refractivity contribution in [3.8, 4) is 5.69 Å². The predicted molar refractivity (Wildman–Crippen MR) is 70.1 cm³/mol. The van der Waals surface area contributed by atoms with E-state index in [1.165, 1.54) is 27.2 Å². The Labute approximate surface area is 122 Å². The van der Waals surface area contributed by atoms with Crippen LogP contribution in [0.25, 0.3) is 5.69 Å². The molecule has 2 aromatic rings. The van der Waals surface area contributed by atoms with Crippen molar-refractivity contribution in [3.63, 3.8) is 0 Å². The molecule has 2 N–H and O–H groups in total. The van der Waals surface area contributed by atoms with Gasteiger partial charge in [-0.05, 0) is 21.9 Å². The zero-order valence-corrected chi connectivity index (χ0v) is 11.5. The third kappa shape index (κ3) is 2.38. The molecule has 2 aromatic heterocycles. The zero-order chi connectivity index (χ0) is 15.0. The topological polar surface area (TPSA) is 121 Å². The van der Waals surface area contributed by atoms with Crippen molar-refractivity contribution in [1.29, 1.82) is 0 Å². The predicted octanol–water partition coefficient (Wildman–Crippen LogP) is -0.616. The summed E-state index contributed by atoms with van der Waals surface area (Å²) >= 11 is 1.18. The number of nitrogens with zero attached hydrogens (tertiary/aromatic N) is 5. The molecule has 0 saturated carbocycles. The van der Waals surface area contributed by atoms with Gasteiger partial charge in [0.1, 0.15) is 17.2 Å². The number of hydrogen-bond acceptors (Lipinski definition) is 7. The molecule has 1 saturated heterocycles. The normalized spacial score (nSPS) is 21.7. The number of rotatable bonds is 3. The highest BCUT2D eigenvalue weighted by Crippen LogP contribution is 2.26. The van der Waals surface area contributed by atoms with E-state index in [-0.39, 0.29) is 13.0 Å². The molecule has 1 aliphatic heterocycles. The lowest BCUT2D eigenvalue weighted by Gasteiger charge is -2.20. The summed E-state index contributed by atoms with van der Waals surface area (Å²) in [7, 11) is 0. The fourth-order valence-electron chi connectivity index (χ4n) is 2.32. The van der Waals surface area contributed by atoms with Crippen molar-refractivity contribution in [3.05, 3.63) is 22.7 Å². The number of aliphatic hydroxyl groups excluding tert-OH is 1. The van der Waals surface area contributed by atoms with Gasteiger partial charge in [-0.25, -0.2) is 4.79 Å². The van der Waals surface area contributed by atoms with Crippen LogP contribution in [0.4, 0.5) is 0 Å². The molecule has 2 atom stereocenters. The Bertz CT molecular complexity index is 670. The van der Waals surface area contributed by atoms with Gasteiger partial charge in [-0.1, -0.05) is 0 Å². The molecule has 0 radical (unpaired) electrons. The second-order valence-corrected chi connectivity index (χ2v) is 5.51. The van der Waals surface area contributed by atoms with Crippen LogP contribution in [0.3, 0.4) is 0 Å². The number of β-amino-alcohol motifs (C(OH)–C–C–N with tert-alkyl or cyclic N) is 1. The second-order valence-electron chi connectivity index (χ2n) is 4.59. The van der Waals surface area contributed by atoms with E-state index in [4.69, 9.17) is 5.11 Å². The number of carbonyl (C=O) groups excluding carboxylic acids is 1. The van der Waals surface area contributed by atoms with E-state index in [1.54, 1.807) is 11.4 Å². The maximum Gasteiger partial charge on any atom is 0.326 e. The number of aliphatic carboxylic acids is 1. The van der Waals surface area contributed by atoms with Crippen LogP contribution < -0.4 is 0 Å². The minimum Gasteiger partial charge on any atom is -0.480 e. The Kier molecular flexibility index (Phi) is 3.39. The van der Waals surface area contributed by atoms with E-state index >= 15 is 0 Å². The quantitative estimate of drug-likeness (QED) is 0.775. The molecule has 21 heavy (non-hydrogen) atoms. The number of aliphatic hydroxyl groups is 1. The summed E-state index contributed by atoms with van der Waals surface area (Å²) < 4.78 is 1.34. The number of likely N-dealkylation sites (tertiary alicyclic amines) is 1. The smallest absolute Gasteiger partial charge is 0.326 e. The first kappa shape index (κ1) is 13.6. The summed E-state index contributed by atoms with van der Waals surface area (Å²) in [6.07, 6.45) is 0.561. The Balaban J connectivity index is 1.93. The van der Waals surface area contributed by atoms with E-state index in [0.29, 0.717) is 10.6 Å². The number of amides is 1. The average Bonchev–Trinajstić information content (AvgIpc) is 3.17. The van der Waals surface area contributed by atoms with Crippen LogP contribution in [0, 0.1) is 0 Å². The summed E-state index contributed by atoms with van der Waals surface area (Å²) in [5.74, 6) is -1.57. The third-order valence-corrected chi connectivity index (χ3v) is 4.15. The van der Waals surface area contributed by atoms with Gasteiger partial charge in [0.25, 0.3) is 5.91 Å². The molecular formula is C11H11N5O4S. The van der Waals surface area contributed by atoms with Gasteiger partial charge in [0.05, 0.1) is 11.8 Å². The Morgan fingerprint density at radius 3 is 2.90 bits per heavy atom. The second kappa shape index (κ2) is 5.22. The first-order valence-corrected chi connectivity index (χ1v) is 6.98. The van der Waals surface area contributed by atoms with Crippen molar-refractivity contribution in [2.75, 3.05) is 6.54 Å². The number of thiophene rings is 1. The molecular weight excluding hydrogens is 298 g/mol. The molecule has 0 spiro atoms. The molecule has 1 fully saturated rings. The summed E-state index contributed by atoms with van der Waals surface area (Å²) in [5, 5.41) is 31.2. The van der Waals surface area contributed by atoms with Gasteiger partial charge >= 0.3 is 5.97 Å². The van der Waals surface area contributed by atoms with Crippen molar-refractivity contribution in [2.45, 2.75) is 18.6 Å². The Morgan fingerprint density at radius 1 is 1.43 bits per heavy atom. The van der Waals surface area contributed by atoms with Crippen LogP contribution in [0.2, 0.25) is 0 Å². The minimum atomic E-state index is -1.12. The highest BCUT2D eigenvalue weighted by atomic mass is 32.1. The zero-order valence-electron chi connectivity index (χ0n) is 10.7. The third-order valence-electron chi connectivity index (χ3n) is 3.26. The highest BCUT2D eigenvalue weighted by Gasteiger charge is 2.40. The molecule has 0 aliphatic carbocycles. The number of aromatic nitrogens is 4. The summed E-state index contributed by atoms with van der Waals surface area (Å²) in [4.78, 5) is 25.3. The average molecular weight is 309 g/mol. The molecule has 110 valence electrons. The van der Waals surface area contributed by atoms with Crippen LogP contribution in [0.5, 0.6) is 0 Å². The van der Waals surface area contributed by atoms with E-state index in [9.17, 15) is 14.7 Å². The number of carboxylic acids is 1. The molecule has 3 heterocycles. The number of carboxylic acid groups (broad SMARTS) is 1. The molecule has 0 bridgehead atoms. The Morgan fingerprint density at radius 2 is 2.24 bits per heavy atom. The standard InChI is InChI=1S/C11H11N5O4S/c17-6-3-8(11(19)20)15(4-6)10(18)9-7(1-2-21-9)16-5-12-13-14-16/h1-2,5-6,8,17H,3-4H2,(H,19,20)/t6-,8+/m1/s1. The van der Waals surface area contributed by atoms with Gasteiger partial charge in [0.2, 0.25) is 0 Å². The van der Waals surface area contributed by atoms with Crippen molar-refractivity contribution in [2.24, 2.45) is 0 Å². The fourth-order valence-corrected chi connectivity index (χ4v) is 3.15. The van der Waals surface area contributed by atoms with Crippen LogP contribution in [0.1, 0.15) is 16.1 Å². The first-order chi connectivity index (χ1) is 10.1. The lowest BCUT2D eigenvalue weighted by molar-refractivity contribution is -0.141. The highest BCUT2D eigenvalue weighted by molar-refractivity contribution is 7.12. The molecule has 1 amide bonds. The Hall–Kier alpha value is -2.33. The summed E-state index contributed by atoms with van der Waals surface area (Å²) in [5.41, 5.74) is 0.487. The molecule has 3 rings (SSSR count). The van der Waals surface area contributed by atoms with Crippen molar-refractivity contribution < 1.29 is 19.8 Å². The van der Waals surface area contributed by atoms with Crippen molar-refractivity contribution in [1.82, 2.24) is 25.1 Å². The molecule has 0 unspecified atom stereocenters. The first-order valence-electron chi connectivity index (χ1n) is 6.10. The maximum absolute atomic E-state index is 12.6. The van der Waals surface area contributed by atoms with E-state index in [1.807, 2.05) is 0 Å². The molecule has 0 aromatic carbocycles. The van der Waals surface area contributed by atoms with Gasteiger partial charge in [-0.15, -0.1) is 16.4 Å². The van der Waals surface area contributed by atoms with Crippen LogP contribution >= 0.6 is 11.3 Å². The monoisotopic (exact) mass is 309 g/mol. The van der Waals surface area contributed by atoms with Gasteiger partial charge in [-0.3, -0.25) is 4.79 Å². The largest absolute Gasteiger partial charge is 0.480 e. The van der Waals surface area contributed by atoms with Gasteiger partial charge in [-0.2, -0.15) is 4.68 Å². The van der Waals surface area contributed by atoms with Crippen molar-refractivity contribution >= 4 is 23.2 Å².